The molecule has 0 aliphatic heterocycles. The third-order valence-electron chi connectivity index (χ3n) is 3.92. The monoisotopic (exact) mass is 370 g/mol. The second kappa shape index (κ2) is 6.37. The molecule has 0 radical (unpaired) electrons. The van der Waals surface area contributed by atoms with Crippen LogP contribution in [0.4, 0.5) is 0 Å². The first-order valence-corrected chi connectivity index (χ1v) is 8.03. The van der Waals surface area contributed by atoms with Gasteiger partial charge in [-0.05, 0) is 32.1 Å². The smallest absolute Gasteiger partial charge is 0.197 e. The van der Waals surface area contributed by atoms with Gasteiger partial charge in [0.1, 0.15) is 39.7 Å². The molecule has 2 aromatic carbocycles. The number of phenolic OH excluding ortho intramolecular Hbond substituents is 4. The number of benzene rings is 2. The number of aliphatic hydroxyl groups is 1. The largest absolute Gasteiger partial charge is 0.508 e. The summed E-state index contributed by atoms with van der Waals surface area (Å²) < 4.78 is 5.58. The Kier molecular flexibility index (Phi) is 4.33. The predicted molar refractivity (Wildman–Crippen MR) is 99.9 cm³/mol. The summed E-state index contributed by atoms with van der Waals surface area (Å²) in [4.78, 5) is 12.5. The highest BCUT2D eigenvalue weighted by molar-refractivity contribution is 5.91. The molecule has 3 aromatic rings. The summed E-state index contributed by atoms with van der Waals surface area (Å²) in [5, 5.41) is 49.6. The molecule has 7 heteroatoms. The van der Waals surface area contributed by atoms with Crippen LogP contribution in [-0.2, 0) is 0 Å². The summed E-state index contributed by atoms with van der Waals surface area (Å²) in [6.45, 7) is 3.03. The van der Waals surface area contributed by atoms with E-state index in [0.717, 1.165) is 12.1 Å². The van der Waals surface area contributed by atoms with Gasteiger partial charge >= 0.3 is 0 Å². The molecule has 0 bridgehead atoms. The maximum atomic E-state index is 12.5. The van der Waals surface area contributed by atoms with Crippen molar-refractivity contribution >= 4 is 17.0 Å². The number of aromatic hydroxyl groups is 4. The Morgan fingerprint density at radius 1 is 1.00 bits per heavy atom. The van der Waals surface area contributed by atoms with Crippen LogP contribution in [0.1, 0.15) is 19.4 Å². The molecule has 0 saturated heterocycles. The zero-order chi connectivity index (χ0) is 19.9. The highest BCUT2D eigenvalue weighted by atomic mass is 16.3. The van der Waals surface area contributed by atoms with E-state index in [1.165, 1.54) is 44.2 Å². The molecule has 0 aliphatic carbocycles. The van der Waals surface area contributed by atoms with Gasteiger partial charge in [-0.2, -0.15) is 0 Å². The van der Waals surface area contributed by atoms with Crippen molar-refractivity contribution in [1.82, 2.24) is 0 Å². The first-order valence-electron chi connectivity index (χ1n) is 8.03. The molecule has 0 unspecified atom stereocenters. The zero-order valence-electron chi connectivity index (χ0n) is 14.6. The van der Waals surface area contributed by atoms with Crippen molar-refractivity contribution in [2.24, 2.45) is 0 Å². The highest BCUT2D eigenvalue weighted by Crippen LogP contribution is 2.38. The third-order valence-corrected chi connectivity index (χ3v) is 3.92. The van der Waals surface area contributed by atoms with Crippen LogP contribution >= 0.6 is 0 Å². The second-order valence-corrected chi connectivity index (χ2v) is 6.69. The number of rotatable bonds is 3. The van der Waals surface area contributed by atoms with Crippen molar-refractivity contribution < 1.29 is 29.9 Å². The maximum absolute atomic E-state index is 12.5. The minimum Gasteiger partial charge on any atom is -0.508 e. The molecular weight excluding hydrogens is 352 g/mol. The van der Waals surface area contributed by atoms with Crippen molar-refractivity contribution in [2.45, 2.75) is 19.4 Å². The minimum atomic E-state index is -1.18. The van der Waals surface area contributed by atoms with Gasteiger partial charge in [0.2, 0.25) is 0 Å². The SMILES string of the molecule is CC(C)(O)C=Cc1c(O)cc2oc(-c3ccc(O)cc3O)cc(=O)c2c1O. The lowest BCUT2D eigenvalue weighted by Gasteiger charge is -2.12. The first-order chi connectivity index (χ1) is 12.6. The average molecular weight is 370 g/mol. The fourth-order valence-electron chi connectivity index (χ4n) is 2.62. The first kappa shape index (κ1) is 18.3. The van der Waals surface area contributed by atoms with Crippen molar-refractivity contribution in [3.8, 4) is 34.3 Å². The molecule has 1 heterocycles. The van der Waals surface area contributed by atoms with Crippen LogP contribution in [-0.4, -0.2) is 31.1 Å². The van der Waals surface area contributed by atoms with Crippen LogP contribution in [0.2, 0.25) is 0 Å². The molecule has 0 spiro atoms. The van der Waals surface area contributed by atoms with Gasteiger partial charge < -0.3 is 29.9 Å². The van der Waals surface area contributed by atoms with E-state index in [0.29, 0.717) is 0 Å². The average Bonchev–Trinajstić information content (AvgIpc) is 2.52. The Balaban J connectivity index is 2.23. The molecule has 0 fully saturated rings. The van der Waals surface area contributed by atoms with Crippen LogP contribution in [0.15, 0.2) is 45.6 Å². The van der Waals surface area contributed by atoms with Crippen molar-refractivity contribution in [3.05, 3.63) is 52.2 Å². The Morgan fingerprint density at radius 2 is 1.70 bits per heavy atom. The summed E-state index contributed by atoms with van der Waals surface area (Å²) in [6.07, 6.45) is 2.67. The molecular formula is C20H18O7. The van der Waals surface area contributed by atoms with Crippen molar-refractivity contribution in [3.63, 3.8) is 0 Å². The molecule has 0 amide bonds. The third kappa shape index (κ3) is 3.58. The molecule has 3 rings (SSSR count). The van der Waals surface area contributed by atoms with E-state index in [-0.39, 0.29) is 45.1 Å². The Morgan fingerprint density at radius 3 is 2.33 bits per heavy atom. The van der Waals surface area contributed by atoms with E-state index < -0.39 is 16.8 Å². The number of hydrogen-bond donors (Lipinski definition) is 5. The van der Waals surface area contributed by atoms with Crippen LogP contribution in [0.25, 0.3) is 28.4 Å². The van der Waals surface area contributed by atoms with Crippen LogP contribution < -0.4 is 5.43 Å². The van der Waals surface area contributed by atoms with Gasteiger partial charge in [-0.3, -0.25) is 4.79 Å². The van der Waals surface area contributed by atoms with Crippen molar-refractivity contribution in [1.29, 1.82) is 0 Å². The van der Waals surface area contributed by atoms with Gasteiger partial charge in [0.15, 0.2) is 5.43 Å². The predicted octanol–water partition coefficient (Wildman–Crippen LogP) is 3.07. The standard InChI is InChI=1S/C20H18O7/c1-20(2,26)6-5-12-14(23)8-17-18(19(12)25)15(24)9-16(27-17)11-4-3-10(21)7-13(11)22/h3-9,21-23,25-26H,1-2H3. The van der Waals surface area contributed by atoms with Gasteiger partial charge in [-0.15, -0.1) is 0 Å². The van der Waals surface area contributed by atoms with Crippen LogP contribution in [0.3, 0.4) is 0 Å². The zero-order valence-corrected chi connectivity index (χ0v) is 14.6. The molecule has 7 nitrogen and oxygen atoms in total. The molecule has 5 N–H and O–H groups in total. The minimum absolute atomic E-state index is 0.00332. The van der Waals surface area contributed by atoms with Gasteiger partial charge in [0.25, 0.3) is 0 Å². The van der Waals surface area contributed by atoms with Gasteiger partial charge in [-0.25, -0.2) is 0 Å². The molecule has 0 aliphatic rings. The highest BCUT2D eigenvalue weighted by Gasteiger charge is 2.18. The van der Waals surface area contributed by atoms with Crippen molar-refractivity contribution in [2.75, 3.05) is 0 Å². The Hall–Kier alpha value is -3.45. The Bertz CT molecular complexity index is 1120. The summed E-state index contributed by atoms with van der Waals surface area (Å²) in [5.41, 5.74) is -1.72. The lowest BCUT2D eigenvalue weighted by Crippen LogP contribution is -2.13. The summed E-state index contributed by atoms with van der Waals surface area (Å²) in [5.74, 6) is -1.28. The quantitative estimate of drug-likeness (QED) is 0.479. The van der Waals surface area contributed by atoms with E-state index >= 15 is 0 Å². The van der Waals surface area contributed by atoms with E-state index in [1.54, 1.807) is 0 Å². The van der Waals surface area contributed by atoms with Gasteiger partial charge in [-0.1, -0.05) is 6.08 Å². The molecule has 140 valence electrons. The maximum Gasteiger partial charge on any atom is 0.197 e. The molecule has 27 heavy (non-hydrogen) atoms. The topological polar surface area (TPSA) is 131 Å². The number of fused-ring (bicyclic) bond motifs is 1. The van der Waals surface area contributed by atoms with Gasteiger partial charge in [0, 0.05) is 18.2 Å². The van der Waals surface area contributed by atoms with Crippen LogP contribution in [0, 0.1) is 0 Å². The van der Waals surface area contributed by atoms with E-state index in [4.69, 9.17) is 4.42 Å². The lowest BCUT2D eigenvalue weighted by molar-refractivity contribution is 0.134. The summed E-state index contributed by atoms with van der Waals surface area (Å²) in [7, 11) is 0. The molecule has 0 atom stereocenters. The fraction of sp³-hybridized carbons (Fsp3) is 0.150. The summed E-state index contributed by atoms with van der Waals surface area (Å²) in [6, 6.07) is 6.04. The van der Waals surface area contributed by atoms with E-state index in [1.807, 2.05) is 0 Å². The number of phenols is 4. The normalized spacial score (nSPS) is 12.1. The summed E-state index contributed by atoms with van der Waals surface area (Å²) >= 11 is 0. The van der Waals surface area contributed by atoms with Gasteiger partial charge in [0.05, 0.1) is 16.7 Å². The lowest BCUT2D eigenvalue weighted by atomic mass is 10.0. The fourth-order valence-corrected chi connectivity index (χ4v) is 2.62. The van der Waals surface area contributed by atoms with Crippen LogP contribution in [0.5, 0.6) is 23.0 Å². The second-order valence-electron chi connectivity index (χ2n) is 6.69. The van der Waals surface area contributed by atoms with E-state index in [2.05, 4.69) is 0 Å². The molecule has 1 aromatic heterocycles. The van der Waals surface area contributed by atoms with E-state index in [9.17, 15) is 30.3 Å². The Labute approximate surface area is 153 Å². The number of hydrogen-bond acceptors (Lipinski definition) is 7. The molecule has 0 saturated carbocycles.